The summed E-state index contributed by atoms with van der Waals surface area (Å²) < 4.78 is 2.53. The van der Waals surface area contributed by atoms with Crippen molar-refractivity contribution < 1.29 is 0 Å². The predicted octanol–water partition coefficient (Wildman–Crippen LogP) is 13.9. The van der Waals surface area contributed by atoms with E-state index in [2.05, 4.69) is 205 Å². The molecule has 0 spiro atoms. The number of aromatic nitrogens is 1. The van der Waals surface area contributed by atoms with E-state index in [1.807, 2.05) is 0 Å². The van der Waals surface area contributed by atoms with Crippen LogP contribution in [0.4, 0.5) is 17.1 Å². The van der Waals surface area contributed by atoms with Crippen LogP contribution in [0.15, 0.2) is 182 Å². The van der Waals surface area contributed by atoms with E-state index in [1.54, 1.807) is 0 Å². The molecule has 0 amide bonds. The lowest BCUT2D eigenvalue weighted by atomic mass is 9.82. The summed E-state index contributed by atoms with van der Waals surface area (Å²) in [5.41, 5.74) is 17.1. The lowest BCUT2D eigenvalue weighted by molar-refractivity contribution is 0.660. The van der Waals surface area contributed by atoms with Gasteiger partial charge in [-0.3, -0.25) is 0 Å². The molecule has 0 bridgehead atoms. The lowest BCUT2D eigenvalue weighted by Gasteiger charge is -2.30. The molecule has 0 radical (unpaired) electrons. The first-order chi connectivity index (χ1) is 26.1. The van der Waals surface area contributed by atoms with Crippen molar-refractivity contribution in [1.82, 2.24) is 4.40 Å². The van der Waals surface area contributed by atoms with Crippen molar-refractivity contribution in [2.45, 2.75) is 19.3 Å². The van der Waals surface area contributed by atoms with E-state index in [9.17, 15) is 0 Å². The van der Waals surface area contributed by atoms with Crippen molar-refractivity contribution in [3.63, 3.8) is 0 Å². The van der Waals surface area contributed by atoms with Gasteiger partial charge in [0, 0.05) is 38.2 Å². The van der Waals surface area contributed by atoms with Gasteiger partial charge in [-0.1, -0.05) is 159 Å². The maximum absolute atomic E-state index is 2.56. The Morgan fingerprint density at radius 1 is 0.415 bits per heavy atom. The molecule has 10 aromatic rings. The van der Waals surface area contributed by atoms with Gasteiger partial charge in [0.25, 0.3) is 0 Å². The minimum absolute atomic E-state index is 0.133. The van der Waals surface area contributed by atoms with Gasteiger partial charge in [0.05, 0.1) is 27.9 Å². The Balaban J connectivity index is 1.30. The highest BCUT2D eigenvalue weighted by atomic mass is 15.2. The average Bonchev–Trinajstić information content (AvgIpc) is 3.82. The lowest BCUT2D eigenvalue weighted by Crippen LogP contribution is -2.16. The molecule has 0 fully saturated rings. The number of hydrogen-bond acceptors (Lipinski definition) is 1. The molecule has 2 aromatic heterocycles. The van der Waals surface area contributed by atoms with Gasteiger partial charge in [-0.15, -0.1) is 0 Å². The predicted molar refractivity (Wildman–Crippen MR) is 224 cm³/mol. The fourth-order valence-corrected chi connectivity index (χ4v) is 9.30. The fraction of sp³-hybridized carbons (Fsp3) is 0.0588. The summed E-state index contributed by atoms with van der Waals surface area (Å²) in [6.45, 7) is 4.74. The normalized spacial score (nSPS) is 13.2. The number of para-hydroxylation sites is 3. The molecule has 1 aliphatic rings. The Morgan fingerprint density at radius 2 is 0.943 bits per heavy atom. The summed E-state index contributed by atoms with van der Waals surface area (Å²) in [5.74, 6) is 0. The summed E-state index contributed by atoms with van der Waals surface area (Å²) in [6.07, 6.45) is 0. The van der Waals surface area contributed by atoms with E-state index in [4.69, 9.17) is 0 Å². The second-order valence-electron chi connectivity index (χ2n) is 14.9. The van der Waals surface area contributed by atoms with Gasteiger partial charge in [0.2, 0.25) is 0 Å². The summed E-state index contributed by atoms with van der Waals surface area (Å²) in [6, 6.07) is 67.2. The van der Waals surface area contributed by atoms with Gasteiger partial charge in [-0.05, 0) is 75.3 Å². The maximum atomic E-state index is 2.56. The number of rotatable bonds is 5. The monoisotopic (exact) mass is 676 g/mol. The van der Waals surface area contributed by atoms with Crippen LogP contribution in [0.3, 0.4) is 0 Å². The van der Waals surface area contributed by atoms with Crippen LogP contribution >= 0.6 is 0 Å². The average molecular weight is 677 g/mol. The molecule has 250 valence electrons. The maximum Gasteiger partial charge on any atom is 0.0782 e. The Bertz CT molecular complexity index is 2970. The number of hydrogen-bond donors (Lipinski definition) is 0. The highest BCUT2D eigenvalue weighted by Gasteiger charge is 2.38. The zero-order valence-electron chi connectivity index (χ0n) is 29.7. The first kappa shape index (κ1) is 30.0. The third-order valence-electron chi connectivity index (χ3n) is 11.7. The van der Waals surface area contributed by atoms with Gasteiger partial charge >= 0.3 is 0 Å². The standard InChI is InChI=1S/C51H36N2/c1-51(2)43-25-11-9-21-42(43)48-44(51)26-15-28-46(48)52(37-31-35(33-16-5-3-6-17-33)30-36(32-37)34-18-7-4-8-19-34)47-29-14-24-41-40-23-13-22-39-38-20-10-12-27-45(38)53(49(39)40)50(41)47/h3-32H,1-2H3. The summed E-state index contributed by atoms with van der Waals surface area (Å²) in [4.78, 5) is 2.56. The van der Waals surface area contributed by atoms with E-state index in [0.29, 0.717) is 0 Å². The van der Waals surface area contributed by atoms with E-state index in [0.717, 1.165) is 11.4 Å². The van der Waals surface area contributed by atoms with Gasteiger partial charge in [0.15, 0.2) is 0 Å². The van der Waals surface area contributed by atoms with Crippen LogP contribution in [0.2, 0.25) is 0 Å². The topological polar surface area (TPSA) is 7.65 Å². The third kappa shape index (κ3) is 4.27. The third-order valence-corrected chi connectivity index (χ3v) is 11.7. The zero-order valence-corrected chi connectivity index (χ0v) is 29.7. The molecular formula is C51H36N2. The van der Waals surface area contributed by atoms with Gasteiger partial charge in [0.1, 0.15) is 0 Å². The SMILES string of the molecule is CC1(C)c2ccccc2-c2c(N(c3cc(-c4ccccc4)cc(-c4ccccc4)c3)c3cccc4c5cccc6c7ccccc7n(c34)c65)cccc21. The van der Waals surface area contributed by atoms with E-state index in [-0.39, 0.29) is 5.41 Å². The molecule has 2 nitrogen and oxygen atoms in total. The van der Waals surface area contributed by atoms with Crippen LogP contribution in [-0.2, 0) is 5.41 Å². The summed E-state index contributed by atoms with van der Waals surface area (Å²) in [7, 11) is 0. The van der Waals surface area contributed by atoms with Crippen LogP contribution in [-0.4, -0.2) is 4.40 Å². The van der Waals surface area contributed by atoms with Crippen molar-refractivity contribution in [3.8, 4) is 33.4 Å². The first-order valence-corrected chi connectivity index (χ1v) is 18.5. The molecular weight excluding hydrogens is 641 g/mol. The van der Waals surface area contributed by atoms with E-state index >= 15 is 0 Å². The minimum Gasteiger partial charge on any atom is -0.308 e. The second-order valence-corrected chi connectivity index (χ2v) is 14.9. The molecule has 1 aliphatic carbocycles. The number of nitrogens with zero attached hydrogens (tertiary/aromatic N) is 2. The van der Waals surface area contributed by atoms with Crippen LogP contribution in [0.5, 0.6) is 0 Å². The van der Waals surface area contributed by atoms with E-state index in [1.165, 1.54) is 88.3 Å². The molecule has 2 heteroatoms. The van der Waals surface area contributed by atoms with Gasteiger partial charge in [-0.25, -0.2) is 0 Å². The van der Waals surface area contributed by atoms with Crippen molar-refractivity contribution in [2.75, 3.05) is 4.90 Å². The minimum atomic E-state index is -0.133. The van der Waals surface area contributed by atoms with Crippen molar-refractivity contribution >= 4 is 55.2 Å². The van der Waals surface area contributed by atoms with Gasteiger partial charge < -0.3 is 9.30 Å². The number of benzene rings is 8. The summed E-state index contributed by atoms with van der Waals surface area (Å²) >= 11 is 0. The van der Waals surface area contributed by atoms with E-state index < -0.39 is 0 Å². The van der Waals surface area contributed by atoms with Crippen molar-refractivity contribution in [1.29, 1.82) is 0 Å². The largest absolute Gasteiger partial charge is 0.308 e. The van der Waals surface area contributed by atoms with Crippen LogP contribution in [0, 0.1) is 0 Å². The molecule has 2 heterocycles. The Labute approximate surface area is 309 Å². The quantitative estimate of drug-likeness (QED) is 0.176. The molecule has 11 rings (SSSR count). The fourth-order valence-electron chi connectivity index (χ4n) is 9.30. The molecule has 0 atom stereocenters. The molecule has 0 saturated carbocycles. The first-order valence-electron chi connectivity index (χ1n) is 18.5. The van der Waals surface area contributed by atoms with Gasteiger partial charge in [-0.2, -0.15) is 0 Å². The Kier molecular flexibility index (Phi) is 6.33. The molecule has 53 heavy (non-hydrogen) atoms. The Morgan fingerprint density at radius 3 is 1.68 bits per heavy atom. The highest BCUT2D eigenvalue weighted by molar-refractivity contribution is 6.25. The summed E-state index contributed by atoms with van der Waals surface area (Å²) in [5, 5.41) is 5.11. The van der Waals surface area contributed by atoms with Crippen molar-refractivity contribution in [2.24, 2.45) is 0 Å². The smallest absolute Gasteiger partial charge is 0.0782 e. The molecule has 0 saturated heterocycles. The number of anilines is 3. The molecule has 0 N–H and O–H groups in total. The van der Waals surface area contributed by atoms with Crippen LogP contribution in [0.25, 0.3) is 71.5 Å². The number of fused-ring (bicyclic) bond motifs is 9. The zero-order chi connectivity index (χ0) is 35.3. The second kappa shape index (κ2) is 11.2. The molecule has 8 aromatic carbocycles. The van der Waals surface area contributed by atoms with Crippen LogP contribution in [0.1, 0.15) is 25.0 Å². The molecule has 0 aliphatic heterocycles. The molecule has 0 unspecified atom stereocenters. The highest BCUT2D eigenvalue weighted by Crippen LogP contribution is 2.55. The van der Waals surface area contributed by atoms with Crippen molar-refractivity contribution in [3.05, 3.63) is 193 Å². The van der Waals surface area contributed by atoms with Crippen LogP contribution < -0.4 is 4.90 Å². The Hall–Kier alpha value is -6.64.